The lowest BCUT2D eigenvalue weighted by Gasteiger charge is -2.10. The molecule has 24 heavy (non-hydrogen) atoms. The van der Waals surface area contributed by atoms with Crippen LogP contribution in [-0.4, -0.2) is 11.9 Å². The van der Waals surface area contributed by atoms with Crippen LogP contribution in [0.5, 0.6) is 0 Å². The molecule has 2 atom stereocenters. The van der Waals surface area contributed by atoms with Crippen molar-refractivity contribution in [3.63, 3.8) is 0 Å². The standard InChI is InChI=1S/C19H21N3O2/c1-13-10-17(13)18(23)20-12-14-6-5-9-16(11-14)22-19(24)21-15-7-3-2-4-8-15/h2-9,11,13,17H,10,12H2,1H3,(H,20,23)(H2,21,22,24)/t13-,17+/m1/s1. The molecule has 5 nitrogen and oxygen atoms in total. The minimum atomic E-state index is -0.297. The van der Waals surface area contributed by atoms with Gasteiger partial charge in [0.25, 0.3) is 0 Å². The Bertz CT molecular complexity index is 730. The summed E-state index contributed by atoms with van der Waals surface area (Å²) in [7, 11) is 0. The van der Waals surface area contributed by atoms with Gasteiger partial charge in [0.05, 0.1) is 0 Å². The lowest BCUT2D eigenvalue weighted by molar-refractivity contribution is -0.122. The van der Waals surface area contributed by atoms with Crippen LogP contribution >= 0.6 is 0 Å². The number of benzene rings is 2. The van der Waals surface area contributed by atoms with Crippen LogP contribution in [0.15, 0.2) is 54.6 Å². The maximum Gasteiger partial charge on any atom is 0.323 e. The minimum Gasteiger partial charge on any atom is -0.352 e. The number of anilines is 2. The van der Waals surface area contributed by atoms with Crippen molar-refractivity contribution in [1.82, 2.24) is 5.32 Å². The van der Waals surface area contributed by atoms with Crippen LogP contribution < -0.4 is 16.0 Å². The first-order chi connectivity index (χ1) is 11.6. The molecule has 2 aromatic rings. The smallest absolute Gasteiger partial charge is 0.323 e. The van der Waals surface area contributed by atoms with E-state index >= 15 is 0 Å². The van der Waals surface area contributed by atoms with Gasteiger partial charge in [-0.15, -0.1) is 0 Å². The lowest BCUT2D eigenvalue weighted by Crippen LogP contribution is -2.25. The van der Waals surface area contributed by atoms with E-state index in [-0.39, 0.29) is 17.9 Å². The van der Waals surface area contributed by atoms with Gasteiger partial charge in [-0.3, -0.25) is 4.79 Å². The third-order valence-electron chi connectivity index (χ3n) is 4.13. The molecule has 3 N–H and O–H groups in total. The zero-order valence-corrected chi connectivity index (χ0v) is 13.6. The molecule has 0 saturated heterocycles. The lowest BCUT2D eigenvalue weighted by atomic mass is 10.2. The van der Waals surface area contributed by atoms with Crippen molar-refractivity contribution in [2.45, 2.75) is 19.9 Å². The van der Waals surface area contributed by atoms with E-state index in [1.807, 2.05) is 54.6 Å². The maximum atomic E-state index is 12.0. The van der Waals surface area contributed by atoms with Gasteiger partial charge in [-0.1, -0.05) is 37.3 Å². The molecule has 0 unspecified atom stereocenters. The number of para-hydroxylation sites is 1. The van der Waals surface area contributed by atoms with Crippen LogP contribution in [0.1, 0.15) is 18.9 Å². The Kier molecular flexibility index (Phi) is 4.79. The first kappa shape index (κ1) is 16.1. The molecule has 1 aliphatic rings. The molecular weight excluding hydrogens is 302 g/mol. The van der Waals surface area contributed by atoms with Crippen molar-refractivity contribution in [3.8, 4) is 0 Å². The fraction of sp³-hybridized carbons (Fsp3) is 0.263. The third kappa shape index (κ3) is 4.35. The number of carbonyl (C=O) groups is 2. The monoisotopic (exact) mass is 323 g/mol. The highest BCUT2D eigenvalue weighted by atomic mass is 16.2. The first-order valence-electron chi connectivity index (χ1n) is 8.11. The van der Waals surface area contributed by atoms with Crippen molar-refractivity contribution in [2.24, 2.45) is 11.8 Å². The van der Waals surface area contributed by atoms with Crippen LogP contribution in [0.2, 0.25) is 0 Å². The molecule has 2 aromatic carbocycles. The third-order valence-corrected chi connectivity index (χ3v) is 4.13. The van der Waals surface area contributed by atoms with Gasteiger partial charge in [0, 0.05) is 23.8 Å². The first-order valence-corrected chi connectivity index (χ1v) is 8.11. The molecule has 0 bridgehead atoms. The zero-order valence-electron chi connectivity index (χ0n) is 13.6. The van der Waals surface area contributed by atoms with E-state index in [4.69, 9.17) is 0 Å². The fourth-order valence-electron chi connectivity index (χ4n) is 2.58. The van der Waals surface area contributed by atoms with Gasteiger partial charge in [-0.05, 0) is 42.2 Å². The Hall–Kier alpha value is -2.82. The summed E-state index contributed by atoms with van der Waals surface area (Å²) in [6.07, 6.45) is 0.979. The Morgan fingerprint density at radius 1 is 1.00 bits per heavy atom. The topological polar surface area (TPSA) is 70.2 Å². The molecule has 1 aliphatic carbocycles. The second kappa shape index (κ2) is 7.17. The van der Waals surface area contributed by atoms with E-state index in [0.717, 1.165) is 17.7 Å². The van der Waals surface area contributed by atoms with Gasteiger partial charge in [0.15, 0.2) is 0 Å². The fourth-order valence-corrected chi connectivity index (χ4v) is 2.58. The number of hydrogen-bond acceptors (Lipinski definition) is 2. The molecule has 0 spiro atoms. The van der Waals surface area contributed by atoms with Crippen molar-refractivity contribution in [2.75, 3.05) is 10.6 Å². The number of hydrogen-bond donors (Lipinski definition) is 3. The van der Waals surface area contributed by atoms with Gasteiger partial charge >= 0.3 is 6.03 Å². The molecule has 0 heterocycles. The van der Waals surface area contributed by atoms with Gasteiger partial charge in [0.1, 0.15) is 0 Å². The zero-order chi connectivity index (χ0) is 16.9. The molecular formula is C19H21N3O2. The van der Waals surface area contributed by atoms with Crippen molar-refractivity contribution in [1.29, 1.82) is 0 Å². The molecule has 1 fully saturated rings. The molecule has 0 aliphatic heterocycles. The van der Waals surface area contributed by atoms with E-state index < -0.39 is 0 Å². The summed E-state index contributed by atoms with van der Waals surface area (Å²) in [5, 5.41) is 8.51. The predicted octanol–water partition coefficient (Wildman–Crippen LogP) is 3.60. The predicted molar refractivity (Wildman–Crippen MR) is 94.6 cm³/mol. The van der Waals surface area contributed by atoms with Crippen molar-refractivity contribution in [3.05, 3.63) is 60.2 Å². The minimum absolute atomic E-state index is 0.114. The summed E-state index contributed by atoms with van der Waals surface area (Å²) in [4.78, 5) is 23.9. The molecule has 0 aromatic heterocycles. The number of nitrogens with one attached hydrogen (secondary N) is 3. The molecule has 1 saturated carbocycles. The molecule has 3 amide bonds. The Morgan fingerprint density at radius 2 is 1.67 bits per heavy atom. The molecule has 3 rings (SSSR count). The Morgan fingerprint density at radius 3 is 2.38 bits per heavy atom. The highest BCUT2D eigenvalue weighted by Crippen LogP contribution is 2.37. The summed E-state index contributed by atoms with van der Waals surface area (Å²) in [5.74, 6) is 0.783. The van der Waals surface area contributed by atoms with E-state index in [0.29, 0.717) is 18.2 Å². The summed E-state index contributed by atoms with van der Waals surface area (Å²) >= 11 is 0. The quantitative estimate of drug-likeness (QED) is 0.787. The van der Waals surface area contributed by atoms with E-state index in [1.165, 1.54) is 0 Å². The normalized spacial score (nSPS) is 18.5. The van der Waals surface area contributed by atoms with Crippen LogP contribution in [0.25, 0.3) is 0 Å². The van der Waals surface area contributed by atoms with Crippen LogP contribution in [0.4, 0.5) is 16.2 Å². The summed E-state index contributed by atoms with van der Waals surface area (Å²) in [6, 6.07) is 16.4. The van der Waals surface area contributed by atoms with Gasteiger partial charge in [-0.25, -0.2) is 4.79 Å². The molecule has 5 heteroatoms. The highest BCUT2D eigenvalue weighted by molar-refractivity contribution is 5.99. The Balaban J connectivity index is 1.52. The van der Waals surface area contributed by atoms with E-state index in [1.54, 1.807) is 0 Å². The second-order valence-electron chi connectivity index (χ2n) is 6.18. The Labute approximate surface area is 141 Å². The number of urea groups is 1. The number of amides is 3. The largest absolute Gasteiger partial charge is 0.352 e. The van der Waals surface area contributed by atoms with E-state index in [2.05, 4.69) is 22.9 Å². The average Bonchev–Trinajstić information content (AvgIpc) is 3.31. The van der Waals surface area contributed by atoms with Gasteiger partial charge < -0.3 is 16.0 Å². The van der Waals surface area contributed by atoms with Crippen molar-refractivity contribution >= 4 is 23.3 Å². The van der Waals surface area contributed by atoms with Crippen molar-refractivity contribution < 1.29 is 9.59 Å². The summed E-state index contributed by atoms with van der Waals surface area (Å²) < 4.78 is 0. The summed E-state index contributed by atoms with van der Waals surface area (Å²) in [6.45, 7) is 2.55. The molecule has 124 valence electrons. The number of carbonyl (C=O) groups excluding carboxylic acids is 2. The average molecular weight is 323 g/mol. The van der Waals surface area contributed by atoms with Crippen LogP contribution in [0.3, 0.4) is 0 Å². The summed E-state index contributed by atoms with van der Waals surface area (Å²) in [5.41, 5.74) is 2.38. The molecule has 0 radical (unpaired) electrons. The maximum absolute atomic E-state index is 12.0. The van der Waals surface area contributed by atoms with Gasteiger partial charge in [0.2, 0.25) is 5.91 Å². The number of rotatable bonds is 5. The van der Waals surface area contributed by atoms with Crippen LogP contribution in [0, 0.1) is 11.8 Å². The second-order valence-corrected chi connectivity index (χ2v) is 6.18. The van der Waals surface area contributed by atoms with Gasteiger partial charge in [-0.2, -0.15) is 0 Å². The SMILES string of the molecule is C[C@@H]1C[C@@H]1C(=O)NCc1cccc(NC(=O)Nc2ccccc2)c1. The van der Waals surface area contributed by atoms with E-state index in [9.17, 15) is 9.59 Å². The van der Waals surface area contributed by atoms with Crippen LogP contribution in [-0.2, 0) is 11.3 Å². The highest BCUT2D eigenvalue weighted by Gasteiger charge is 2.38.